The van der Waals surface area contributed by atoms with Gasteiger partial charge in [0, 0.05) is 24.8 Å². The fraction of sp³-hybridized carbons (Fsp3) is 0.381. The minimum atomic E-state index is -3.63. The fourth-order valence-corrected chi connectivity index (χ4v) is 5.28. The van der Waals surface area contributed by atoms with E-state index in [1.165, 1.54) is 4.31 Å². The smallest absolute Gasteiger partial charge is 0.243 e. The Balaban J connectivity index is 1.76. The highest BCUT2D eigenvalue weighted by atomic mass is 32.2. The van der Waals surface area contributed by atoms with Gasteiger partial charge in [0.1, 0.15) is 5.75 Å². The molecule has 0 radical (unpaired) electrons. The average molecular weight is 403 g/mol. The first kappa shape index (κ1) is 20.4. The van der Waals surface area contributed by atoms with Gasteiger partial charge in [0.2, 0.25) is 15.9 Å². The Morgan fingerprint density at radius 1 is 1.18 bits per heavy atom. The maximum absolute atomic E-state index is 13.1. The number of aryl methyl sites for hydroxylation is 2. The van der Waals surface area contributed by atoms with Crippen LogP contribution < -0.4 is 10.1 Å². The van der Waals surface area contributed by atoms with Crippen LogP contribution >= 0.6 is 0 Å². The number of anilines is 1. The highest BCUT2D eigenvalue weighted by molar-refractivity contribution is 7.89. The summed E-state index contributed by atoms with van der Waals surface area (Å²) in [6.07, 6.45) is 1.31. The lowest BCUT2D eigenvalue weighted by atomic mass is 9.98. The highest BCUT2D eigenvalue weighted by Crippen LogP contribution is 2.27. The highest BCUT2D eigenvalue weighted by Gasteiger charge is 2.34. The fourth-order valence-electron chi connectivity index (χ4n) is 3.44. The molecular weight excluding hydrogens is 376 g/mol. The van der Waals surface area contributed by atoms with Crippen LogP contribution in [0.5, 0.6) is 5.75 Å². The standard InChI is InChI=1S/C21H26N2O4S/c1-15-9-10-16(2)20(12-15)28(25,26)23-11-5-6-17(14-23)21(24)22-18-7-4-8-19(13-18)27-3/h4,7-10,12-13,17H,5-6,11,14H2,1-3H3,(H,22,24)/t17-/m0/s1. The van der Waals surface area contributed by atoms with Gasteiger partial charge in [0.25, 0.3) is 0 Å². The maximum atomic E-state index is 13.1. The number of amides is 1. The summed E-state index contributed by atoms with van der Waals surface area (Å²) in [7, 11) is -2.06. The molecule has 0 unspecified atom stereocenters. The Kier molecular flexibility index (Phi) is 6.05. The van der Waals surface area contributed by atoms with Gasteiger partial charge in [-0.25, -0.2) is 8.42 Å². The zero-order chi connectivity index (χ0) is 20.3. The zero-order valence-electron chi connectivity index (χ0n) is 16.4. The Labute approximate surface area is 166 Å². The topological polar surface area (TPSA) is 75.7 Å². The number of nitrogens with zero attached hydrogens (tertiary/aromatic N) is 1. The van der Waals surface area contributed by atoms with Crippen LogP contribution in [0.2, 0.25) is 0 Å². The van der Waals surface area contributed by atoms with Crippen molar-refractivity contribution in [1.29, 1.82) is 0 Å². The van der Waals surface area contributed by atoms with Crippen molar-refractivity contribution in [3.8, 4) is 5.75 Å². The number of ether oxygens (including phenoxy) is 1. The monoisotopic (exact) mass is 402 g/mol. The van der Waals surface area contributed by atoms with Gasteiger partial charge < -0.3 is 10.1 Å². The van der Waals surface area contributed by atoms with E-state index in [2.05, 4.69) is 5.32 Å². The molecule has 1 fully saturated rings. The number of benzene rings is 2. The number of hydrogen-bond acceptors (Lipinski definition) is 4. The number of sulfonamides is 1. The van der Waals surface area contributed by atoms with Gasteiger partial charge in [-0.3, -0.25) is 4.79 Å². The van der Waals surface area contributed by atoms with Crippen LogP contribution in [0.15, 0.2) is 47.4 Å². The van der Waals surface area contributed by atoms with E-state index < -0.39 is 10.0 Å². The zero-order valence-corrected chi connectivity index (χ0v) is 17.3. The Hall–Kier alpha value is -2.38. The second-order valence-electron chi connectivity index (χ2n) is 7.19. The minimum absolute atomic E-state index is 0.172. The average Bonchev–Trinajstić information content (AvgIpc) is 2.70. The van der Waals surface area contributed by atoms with Gasteiger partial charge >= 0.3 is 0 Å². The Morgan fingerprint density at radius 3 is 2.71 bits per heavy atom. The third kappa shape index (κ3) is 4.36. The van der Waals surface area contributed by atoms with Gasteiger partial charge in [-0.2, -0.15) is 4.31 Å². The molecule has 2 aromatic carbocycles. The first-order valence-corrected chi connectivity index (χ1v) is 10.8. The van der Waals surface area contributed by atoms with Crippen molar-refractivity contribution in [2.75, 3.05) is 25.5 Å². The van der Waals surface area contributed by atoms with Gasteiger partial charge in [0.05, 0.1) is 17.9 Å². The lowest BCUT2D eigenvalue weighted by molar-refractivity contribution is -0.120. The van der Waals surface area contributed by atoms with Crippen molar-refractivity contribution in [3.05, 3.63) is 53.6 Å². The SMILES string of the molecule is COc1cccc(NC(=O)[C@H]2CCCN(S(=O)(=O)c3cc(C)ccc3C)C2)c1. The molecule has 7 heteroatoms. The molecule has 1 heterocycles. The van der Waals surface area contributed by atoms with Gasteiger partial charge in [-0.15, -0.1) is 0 Å². The maximum Gasteiger partial charge on any atom is 0.243 e. The number of nitrogens with one attached hydrogen (secondary N) is 1. The molecule has 1 N–H and O–H groups in total. The summed E-state index contributed by atoms with van der Waals surface area (Å²) in [6.45, 7) is 4.28. The molecule has 0 saturated carbocycles. The summed E-state index contributed by atoms with van der Waals surface area (Å²) >= 11 is 0. The number of methoxy groups -OCH3 is 1. The lowest BCUT2D eigenvalue weighted by Gasteiger charge is -2.31. The van der Waals surface area contributed by atoms with E-state index in [1.807, 2.05) is 19.1 Å². The summed E-state index contributed by atoms with van der Waals surface area (Å²) in [6, 6.07) is 12.5. The van der Waals surface area contributed by atoms with Gasteiger partial charge in [-0.05, 0) is 56.0 Å². The molecule has 0 spiro atoms. The molecule has 6 nitrogen and oxygen atoms in total. The van der Waals surface area contributed by atoms with Crippen LogP contribution in [0.1, 0.15) is 24.0 Å². The van der Waals surface area contributed by atoms with Crippen LogP contribution in [-0.2, 0) is 14.8 Å². The molecular formula is C21H26N2O4S. The summed E-state index contributed by atoms with van der Waals surface area (Å²) < 4.78 is 32.9. The van der Waals surface area contributed by atoms with E-state index in [4.69, 9.17) is 4.74 Å². The summed E-state index contributed by atoms with van der Waals surface area (Å²) in [5.74, 6) is 0.0922. The first-order valence-electron chi connectivity index (χ1n) is 9.33. The van der Waals surface area contributed by atoms with Crippen molar-refractivity contribution >= 4 is 21.6 Å². The van der Waals surface area contributed by atoms with Gasteiger partial charge in [0.15, 0.2) is 0 Å². The predicted molar refractivity (Wildman–Crippen MR) is 109 cm³/mol. The summed E-state index contributed by atoms with van der Waals surface area (Å²) in [5, 5.41) is 2.88. The van der Waals surface area contributed by atoms with Crippen molar-refractivity contribution < 1.29 is 17.9 Å². The molecule has 0 aromatic heterocycles. The molecule has 1 aliphatic heterocycles. The lowest BCUT2D eigenvalue weighted by Crippen LogP contribution is -2.43. The molecule has 3 rings (SSSR count). The van der Waals surface area contributed by atoms with E-state index in [0.29, 0.717) is 41.3 Å². The molecule has 150 valence electrons. The third-order valence-corrected chi connectivity index (χ3v) is 7.06. The van der Waals surface area contributed by atoms with Crippen LogP contribution in [0.3, 0.4) is 0 Å². The molecule has 1 amide bonds. The molecule has 1 aliphatic rings. The van der Waals surface area contributed by atoms with Crippen molar-refractivity contribution in [1.82, 2.24) is 4.31 Å². The van der Waals surface area contributed by atoms with Crippen LogP contribution in [0.25, 0.3) is 0 Å². The second kappa shape index (κ2) is 8.32. The molecule has 0 bridgehead atoms. The first-order chi connectivity index (χ1) is 13.3. The quantitative estimate of drug-likeness (QED) is 0.832. The number of piperidine rings is 1. The Morgan fingerprint density at radius 2 is 1.96 bits per heavy atom. The number of rotatable bonds is 5. The molecule has 1 atom stereocenters. The van der Waals surface area contributed by atoms with E-state index in [9.17, 15) is 13.2 Å². The normalized spacial score (nSPS) is 17.9. The third-order valence-electron chi connectivity index (χ3n) is 5.05. The van der Waals surface area contributed by atoms with Gasteiger partial charge in [-0.1, -0.05) is 18.2 Å². The molecule has 0 aliphatic carbocycles. The predicted octanol–water partition coefficient (Wildman–Crippen LogP) is 3.35. The van der Waals surface area contributed by atoms with Crippen molar-refractivity contribution in [2.24, 2.45) is 5.92 Å². The van der Waals surface area contributed by atoms with E-state index >= 15 is 0 Å². The van der Waals surface area contributed by atoms with E-state index in [-0.39, 0.29) is 18.4 Å². The van der Waals surface area contributed by atoms with Crippen molar-refractivity contribution in [3.63, 3.8) is 0 Å². The molecule has 1 saturated heterocycles. The van der Waals surface area contributed by atoms with Crippen LogP contribution in [-0.4, -0.2) is 38.8 Å². The Bertz CT molecular complexity index is 972. The summed E-state index contributed by atoms with van der Waals surface area (Å²) in [5.41, 5.74) is 2.25. The largest absolute Gasteiger partial charge is 0.497 e. The number of carbonyl (C=O) groups excluding carboxylic acids is 1. The summed E-state index contributed by atoms with van der Waals surface area (Å²) in [4.78, 5) is 13.0. The second-order valence-corrected chi connectivity index (χ2v) is 9.10. The number of hydrogen-bond donors (Lipinski definition) is 1. The van der Waals surface area contributed by atoms with E-state index in [0.717, 1.165) is 5.56 Å². The number of carbonyl (C=O) groups is 1. The van der Waals surface area contributed by atoms with Crippen LogP contribution in [0, 0.1) is 19.8 Å². The van der Waals surface area contributed by atoms with Crippen LogP contribution in [0.4, 0.5) is 5.69 Å². The minimum Gasteiger partial charge on any atom is -0.497 e. The van der Waals surface area contributed by atoms with Crippen molar-refractivity contribution in [2.45, 2.75) is 31.6 Å². The molecule has 2 aromatic rings. The van der Waals surface area contributed by atoms with E-state index in [1.54, 1.807) is 44.4 Å². The molecule has 28 heavy (non-hydrogen) atoms.